The molecule has 1 aliphatic heterocycles. The average molecular weight is 206 g/mol. The zero-order valence-electron chi connectivity index (χ0n) is 9.28. The van der Waals surface area contributed by atoms with Gasteiger partial charge in [-0.25, -0.2) is 0 Å². The van der Waals surface area contributed by atoms with E-state index in [4.69, 9.17) is 5.26 Å². The van der Waals surface area contributed by atoms with Crippen molar-refractivity contribution in [1.29, 1.82) is 5.26 Å². The van der Waals surface area contributed by atoms with E-state index in [1.165, 1.54) is 12.8 Å². The van der Waals surface area contributed by atoms with Gasteiger partial charge in [-0.2, -0.15) is 5.26 Å². The van der Waals surface area contributed by atoms with Gasteiger partial charge in [-0.3, -0.25) is 4.79 Å². The number of likely N-dealkylation sites (tertiary alicyclic amines) is 1. The minimum atomic E-state index is 0.174. The van der Waals surface area contributed by atoms with Gasteiger partial charge in [-0.05, 0) is 37.5 Å². The third-order valence-corrected chi connectivity index (χ3v) is 3.77. The Labute approximate surface area is 91.1 Å². The molecule has 1 heterocycles. The van der Waals surface area contributed by atoms with Crippen LogP contribution in [0.4, 0.5) is 0 Å². The van der Waals surface area contributed by atoms with Crippen LogP contribution in [0.25, 0.3) is 0 Å². The van der Waals surface area contributed by atoms with Crippen molar-refractivity contribution >= 4 is 5.91 Å². The summed E-state index contributed by atoms with van der Waals surface area (Å²) in [5.74, 6) is 1.65. The van der Waals surface area contributed by atoms with Crippen molar-refractivity contribution in [3.8, 4) is 6.07 Å². The number of amides is 1. The van der Waals surface area contributed by atoms with E-state index in [2.05, 4.69) is 6.07 Å². The van der Waals surface area contributed by atoms with E-state index < -0.39 is 0 Å². The minimum Gasteiger partial charge on any atom is -0.343 e. The van der Waals surface area contributed by atoms with E-state index in [1.54, 1.807) is 6.92 Å². The summed E-state index contributed by atoms with van der Waals surface area (Å²) in [6, 6.07) is 2.47. The topological polar surface area (TPSA) is 44.1 Å². The number of piperidine rings is 1. The number of nitriles is 1. The second-order valence-corrected chi connectivity index (χ2v) is 4.84. The Hall–Kier alpha value is -1.04. The van der Waals surface area contributed by atoms with Crippen LogP contribution in [-0.2, 0) is 4.79 Å². The van der Waals surface area contributed by atoms with Gasteiger partial charge < -0.3 is 4.90 Å². The van der Waals surface area contributed by atoms with Gasteiger partial charge in [0.1, 0.15) is 0 Å². The van der Waals surface area contributed by atoms with Crippen molar-refractivity contribution in [2.45, 2.75) is 32.6 Å². The van der Waals surface area contributed by atoms with Gasteiger partial charge in [-0.15, -0.1) is 0 Å². The van der Waals surface area contributed by atoms with Crippen LogP contribution in [0.15, 0.2) is 0 Å². The van der Waals surface area contributed by atoms with Gasteiger partial charge in [0, 0.05) is 20.0 Å². The van der Waals surface area contributed by atoms with Crippen molar-refractivity contribution in [2.75, 3.05) is 13.1 Å². The number of carbonyl (C=O) groups is 1. The van der Waals surface area contributed by atoms with E-state index in [1.807, 2.05) is 4.90 Å². The number of rotatable bonds is 2. The molecule has 3 nitrogen and oxygen atoms in total. The first-order valence-electron chi connectivity index (χ1n) is 5.87. The summed E-state index contributed by atoms with van der Waals surface area (Å²) in [5.41, 5.74) is 0. The van der Waals surface area contributed by atoms with Gasteiger partial charge >= 0.3 is 0 Å². The predicted molar refractivity (Wildman–Crippen MR) is 56.8 cm³/mol. The Morgan fingerprint density at radius 3 is 2.20 bits per heavy atom. The fourth-order valence-electron chi connectivity index (χ4n) is 2.62. The van der Waals surface area contributed by atoms with Crippen LogP contribution >= 0.6 is 0 Å². The summed E-state index contributed by atoms with van der Waals surface area (Å²) < 4.78 is 0. The van der Waals surface area contributed by atoms with E-state index in [-0.39, 0.29) is 11.8 Å². The van der Waals surface area contributed by atoms with Crippen LogP contribution in [0.1, 0.15) is 32.6 Å². The smallest absolute Gasteiger partial charge is 0.219 e. The summed E-state index contributed by atoms with van der Waals surface area (Å²) in [6.45, 7) is 3.33. The molecule has 0 spiro atoms. The zero-order chi connectivity index (χ0) is 10.8. The molecule has 1 aliphatic carbocycles. The number of hydrogen-bond donors (Lipinski definition) is 0. The first-order valence-corrected chi connectivity index (χ1v) is 5.87. The summed E-state index contributed by atoms with van der Waals surface area (Å²) in [4.78, 5) is 13.1. The molecule has 0 aromatic carbocycles. The fourth-order valence-corrected chi connectivity index (χ4v) is 2.62. The lowest BCUT2D eigenvalue weighted by Gasteiger charge is -2.33. The highest BCUT2D eigenvalue weighted by Crippen LogP contribution is 2.43. The van der Waals surface area contributed by atoms with Crippen LogP contribution in [0, 0.1) is 29.1 Å². The second-order valence-electron chi connectivity index (χ2n) is 4.84. The highest BCUT2D eigenvalue weighted by atomic mass is 16.2. The molecule has 0 radical (unpaired) electrons. The molecule has 2 rings (SSSR count). The molecule has 1 unspecified atom stereocenters. The van der Waals surface area contributed by atoms with Crippen molar-refractivity contribution in [3.63, 3.8) is 0 Å². The molecule has 15 heavy (non-hydrogen) atoms. The Bertz CT molecular complexity index is 282. The van der Waals surface area contributed by atoms with Gasteiger partial charge in [0.15, 0.2) is 0 Å². The Balaban J connectivity index is 1.87. The molecule has 82 valence electrons. The maximum absolute atomic E-state index is 11.2. The molecule has 0 bridgehead atoms. The van der Waals surface area contributed by atoms with Gasteiger partial charge in [0.2, 0.25) is 5.91 Å². The molecule has 1 saturated carbocycles. The minimum absolute atomic E-state index is 0.174. The first-order chi connectivity index (χ1) is 7.22. The molecule has 1 atom stereocenters. The Kier molecular flexibility index (Phi) is 2.95. The van der Waals surface area contributed by atoms with E-state index in [0.29, 0.717) is 11.8 Å². The Morgan fingerprint density at radius 1 is 1.27 bits per heavy atom. The van der Waals surface area contributed by atoms with Crippen LogP contribution in [0.2, 0.25) is 0 Å². The molecule has 0 aromatic rings. The maximum Gasteiger partial charge on any atom is 0.219 e. The van der Waals surface area contributed by atoms with Crippen LogP contribution < -0.4 is 0 Å². The zero-order valence-corrected chi connectivity index (χ0v) is 9.28. The van der Waals surface area contributed by atoms with Crippen LogP contribution in [-0.4, -0.2) is 23.9 Å². The highest BCUT2D eigenvalue weighted by Gasteiger charge is 2.38. The fraction of sp³-hybridized carbons (Fsp3) is 0.833. The lowest BCUT2D eigenvalue weighted by atomic mass is 9.82. The number of hydrogen-bond acceptors (Lipinski definition) is 2. The normalized spacial score (nSPS) is 24.7. The van der Waals surface area contributed by atoms with E-state index >= 15 is 0 Å². The van der Waals surface area contributed by atoms with E-state index in [9.17, 15) is 4.79 Å². The molecule has 2 aliphatic rings. The Morgan fingerprint density at radius 2 is 1.80 bits per heavy atom. The lowest BCUT2D eigenvalue weighted by molar-refractivity contribution is -0.130. The molecule has 0 aromatic heterocycles. The second kappa shape index (κ2) is 4.22. The third-order valence-electron chi connectivity index (χ3n) is 3.77. The highest BCUT2D eigenvalue weighted by molar-refractivity contribution is 5.73. The molecule has 1 saturated heterocycles. The van der Waals surface area contributed by atoms with Crippen molar-refractivity contribution in [2.24, 2.45) is 17.8 Å². The summed E-state index contributed by atoms with van der Waals surface area (Å²) in [7, 11) is 0. The first kappa shape index (κ1) is 10.5. The van der Waals surface area contributed by atoms with Gasteiger partial charge in [0.25, 0.3) is 0 Å². The average Bonchev–Trinajstić information content (AvgIpc) is 3.04. The summed E-state index contributed by atoms with van der Waals surface area (Å²) in [5, 5.41) is 9.13. The number of carbonyl (C=O) groups excluding carboxylic acids is 1. The third kappa shape index (κ3) is 2.31. The lowest BCUT2D eigenvalue weighted by Crippen LogP contribution is -2.39. The van der Waals surface area contributed by atoms with Crippen LogP contribution in [0.5, 0.6) is 0 Å². The standard InChI is InChI=1S/C12H18N2O/c1-9(15)14-6-4-11(5-7-14)12(8-13)10-2-3-10/h10-12H,2-7H2,1H3. The van der Waals surface area contributed by atoms with Crippen molar-refractivity contribution < 1.29 is 4.79 Å². The largest absolute Gasteiger partial charge is 0.343 e. The molecule has 3 heteroatoms. The van der Waals surface area contributed by atoms with E-state index in [0.717, 1.165) is 25.9 Å². The molecule has 0 N–H and O–H groups in total. The molecule has 2 fully saturated rings. The SMILES string of the molecule is CC(=O)N1CCC(C(C#N)C2CC2)CC1. The molecule has 1 amide bonds. The van der Waals surface area contributed by atoms with Crippen LogP contribution in [0.3, 0.4) is 0 Å². The van der Waals surface area contributed by atoms with Gasteiger partial charge in [-0.1, -0.05) is 0 Å². The molecular formula is C12H18N2O. The number of nitrogens with zero attached hydrogens (tertiary/aromatic N) is 2. The van der Waals surface area contributed by atoms with Gasteiger partial charge in [0.05, 0.1) is 12.0 Å². The maximum atomic E-state index is 11.2. The molecular weight excluding hydrogens is 188 g/mol. The predicted octanol–water partition coefficient (Wildman–Crippen LogP) is 1.79. The monoisotopic (exact) mass is 206 g/mol. The summed E-state index contributed by atoms with van der Waals surface area (Å²) >= 11 is 0. The van der Waals surface area contributed by atoms with Crippen molar-refractivity contribution in [1.82, 2.24) is 4.90 Å². The summed E-state index contributed by atoms with van der Waals surface area (Å²) in [6.07, 6.45) is 4.53. The van der Waals surface area contributed by atoms with Crippen molar-refractivity contribution in [3.05, 3.63) is 0 Å². The quantitative estimate of drug-likeness (QED) is 0.691.